The van der Waals surface area contributed by atoms with Crippen molar-refractivity contribution in [2.24, 2.45) is 5.92 Å². The maximum Gasteiger partial charge on any atom is 0.334 e. The van der Waals surface area contributed by atoms with E-state index in [9.17, 15) is 14.4 Å². The van der Waals surface area contributed by atoms with Crippen LogP contribution in [0, 0.1) is 18.3 Å². The van der Waals surface area contributed by atoms with E-state index in [4.69, 9.17) is 6.42 Å². The summed E-state index contributed by atoms with van der Waals surface area (Å²) >= 11 is 0. The monoisotopic (exact) mass is 501 g/mol. The number of nitrogens with one attached hydrogen (secondary N) is 1. The molecule has 0 bridgehead atoms. The van der Waals surface area contributed by atoms with Crippen molar-refractivity contribution >= 4 is 17.8 Å². The van der Waals surface area contributed by atoms with Crippen LogP contribution in [0.3, 0.4) is 0 Å². The Kier molecular flexibility index (Phi) is 8.47. The fraction of sp³-hybridized carbons (Fsp3) is 0.414. The summed E-state index contributed by atoms with van der Waals surface area (Å²) in [5.41, 5.74) is 1.92. The van der Waals surface area contributed by atoms with Gasteiger partial charge >= 0.3 is 6.03 Å². The summed E-state index contributed by atoms with van der Waals surface area (Å²) in [6.45, 7) is 5.41. The van der Waals surface area contributed by atoms with Crippen LogP contribution in [-0.2, 0) is 22.6 Å². The number of hydrogen-bond acceptors (Lipinski definition) is 4. The molecule has 194 valence electrons. The quantitative estimate of drug-likeness (QED) is 0.565. The Hall–Kier alpha value is -3.83. The van der Waals surface area contributed by atoms with E-state index >= 15 is 0 Å². The molecular formula is C29H35N5O3. The number of hydrazine groups is 1. The van der Waals surface area contributed by atoms with E-state index in [2.05, 4.69) is 25.1 Å². The zero-order chi connectivity index (χ0) is 26.4. The molecule has 0 unspecified atom stereocenters. The number of nitrogens with zero attached hydrogens (tertiary/aromatic N) is 4. The first-order valence-electron chi connectivity index (χ1n) is 12.8. The van der Waals surface area contributed by atoms with Crippen molar-refractivity contribution in [1.29, 1.82) is 0 Å². The number of urea groups is 1. The zero-order valence-electron chi connectivity index (χ0n) is 21.5. The lowest BCUT2D eigenvalue weighted by atomic mass is 9.98. The molecule has 0 spiro atoms. The zero-order valence-corrected chi connectivity index (χ0v) is 21.5. The summed E-state index contributed by atoms with van der Waals surface area (Å²) in [6, 6.07) is 18.3. The van der Waals surface area contributed by atoms with Gasteiger partial charge in [0.25, 0.3) is 0 Å². The van der Waals surface area contributed by atoms with Gasteiger partial charge in [0.1, 0.15) is 12.2 Å². The second kappa shape index (κ2) is 11.9. The normalized spacial score (nSPS) is 20.1. The molecule has 2 aliphatic heterocycles. The predicted octanol–water partition coefficient (Wildman–Crippen LogP) is 2.72. The molecule has 37 heavy (non-hydrogen) atoms. The van der Waals surface area contributed by atoms with Gasteiger partial charge in [-0.05, 0) is 23.5 Å². The molecule has 0 aromatic heterocycles. The molecule has 0 aliphatic carbocycles. The Morgan fingerprint density at radius 3 is 2.32 bits per heavy atom. The molecule has 2 atom stereocenters. The van der Waals surface area contributed by atoms with Crippen molar-refractivity contribution in [3.63, 3.8) is 0 Å². The number of carbonyl (C=O) groups excluding carboxylic acids is 3. The Morgan fingerprint density at radius 2 is 1.70 bits per heavy atom. The average Bonchev–Trinajstić information content (AvgIpc) is 2.89. The van der Waals surface area contributed by atoms with Crippen molar-refractivity contribution in [3.05, 3.63) is 71.8 Å². The van der Waals surface area contributed by atoms with Gasteiger partial charge in [-0.3, -0.25) is 9.59 Å². The Balaban J connectivity index is 1.65. The van der Waals surface area contributed by atoms with Gasteiger partial charge in [-0.2, -0.15) is 5.01 Å². The van der Waals surface area contributed by atoms with Crippen LogP contribution in [-0.4, -0.2) is 76.0 Å². The number of benzene rings is 2. The predicted molar refractivity (Wildman–Crippen MR) is 142 cm³/mol. The molecule has 2 fully saturated rings. The SMILES string of the molecule is C#CCN1CC(=O)N2[C@@H](Cc3ccccc3)C(=O)N(CCC(C)C)C[C@@H]2N1C(=O)NCc1ccccc1. The first-order chi connectivity index (χ1) is 17.9. The van der Waals surface area contributed by atoms with Gasteiger partial charge in [-0.25, -0.2) is 9.80 Å². The van der Waals surface area contributed by atoms with Crippen LogP contribution in [0.1, 0.15) is 31.4 Å². The largest absolute Gasteiger partial charge is 0.337 e. The third kappa shape index (κ3) is 6.12. The van der Waals surface area contributed by atoms with Crippen molar-refractivity contribution in [1.82, 2.24) is 25.1 Å². The van der Waals surface area contributed by atoms with E-state index in [0.717, 1.165) is 17.5 Å². The van der Waals surface area contributed by atoms with Crippen molar-refractivity contribution < 1.29 is 14.4 Å². The maximum absolute atomic E-state index is 13.7. The van der Waals surface area contributed by atoms with E-state index in [1.54, 1.807) is 19.8 Å². The van der Waals surface area contributed by atoms with Gasteiger partial charge in [0.15, 0.2) is 0 Å². The van der Waals surface area contributed by atoms with Crippen LogP contribution in [0.25, 0.3) is 0 Å². The lowest BCUT2D eigenvalue weighted by Gasteiger charge is -2.55. The molecule has 0 saturated carbocycles. The highest BCUT2D eigenvalue weighted by Gasteiger charge is 2.51. The second-order valence-corrected chi connectivity index (χ2v) is 9.97. The minimum absolute atomic E-state index is 0.0655. The fourth-order valence-electron chi connectivity index (χ4n) is 4.94. The summed E-state index contributed by atoms with van der Waals surface area (Å²) in [4.78, 5) is 44.2. The number of amides is 4. The molecule has 8 nitrogen and oxygen atoms in total. The molecule has 2 aliphatic rings. The lowest BCUT2D eigenvalue weighted by Crippen LogP contribution is -2.76. The number of piperazine rings is 1. The molecule has 8 heteroatoms. The Bertz CT molecular complexity index is 1130. The molecule has 4 rings (SSSR count). The van der Waals surface area contributed by atoms with E-state index in [1.165, 1.54) is 0 Å². The van der Waals surface area contributed by atoms with E-state index in [1.807, 2.05) is 60.7 Å². The Morgan fingerprint density at radius 1 is 1.05 bits per heavy atom. The van der Waals surface area contributed by atoms with E-state index in [-0.39, 0.29) is 37.5 Å². The molecule has 4 amide bonds. The highest BCUT2D eigenvalue weighted by Crippen LogP contribution is 2.28. The van der Waals surface area contributed by atoms with Gasteiger partial charge in [0.2, 0.25) is 11.8 Å². The minimum Gasteiger partial charge on any atom is -0.337 e. The summed E-state index contributed by atoms with van der Waals surface area (Å²) in [5.74, 6) is 2.70. The number of terminal acetylenes is 1. The van der Waals surface area contributed by atoms with E-state index in [0.29, 0.717) is 25.4 Å². The van der Waals surface area contributed by atoms with Gasteiger partial charge in [-0.1, -0.05) is 80.4 Å². The highest BCUT2D eigenvalue weighted by molar-refractivity contribution is 5.91. The lowest BCUT2D eigenvalue weighted by molar-refractivity contribution is -0.188. The molecule has 1 N–H and O–H groups in total. The van der Waals surface area contributed by atoms with Crippen LogP contribution in [0.15, 0.2) is 60.7 Å². The first kappa shape index (κ1) is 26.2. The second-order valence-electron chi connectivity index (χ2n) is 9.97. The molecule has 2 aromatic rings. The molecule has 2 heterocycles. The first-order valence-corrected chi connectivity index (χ1v) is 12.8. The van der Waals surface area contributed by atoms with Gasteiger partial charge in [0.05, 0.1) is 19.6 Å². The molecule has 2 saturated heterocycles. The average molecular weight is 502 g/mol. The molecule has 0 radical (unpaired) electrons. The number of hydrogen-bond donors (Lipinski definition) is 1. The third-order valence-electron chi connectivity index (χ3n) is 6.85. The summed E-state index contributed by atoms with van der Waals surface area (Å²) in [6.07, 6.45) is 6.19. The van der Waals surface area contributed by atoms with Crippen molar-refractivity contribution in [2.45, 2.75) is 45.4 Å². The smallest absolute Gasteiger partial charge is 0.334 e. The summed E-state index contributed by atoms with van der Waals surface area (Å²) in [5, 5.41) is 6.14. The van der Waals surface area contributed by atoms with Gasteiger partial charge in [-0.15, -0.1) is 6.42 Å². The molecular weight excluding hydrogens is 466 g/mol. The number of rotatable bonds is 8. The minimum atomic E-state index is -0.696. The number of fused-ring (bicyclic) bond motifs is 1. The maximum atomic E-state index is 13.7. The fourth-order valence-corrected chi connectivity index (χ4v) is 4.94. The van der Waals surface area contributed by atoms with Crippen LogP contribution >= 0.6 is 0 Å². The van der Waals surface area contributed by atoms with Crippen LogP contribution in [0.2, 0.25) is 0 Å². The van der Waals surface area contributed by atoms with Crippen molar-refractivity contribution in [3.8, 4) is 12.3 Å². The van der Waals surface area contributed by atoms with Crippen LogP contribution in [0.4, 0.5) is 4.79 Å². The van der Waals surface area contributed by atoms with Gasteiger partial charge in [0, 0.05) is 19.5 Å². The molecule has 2 aromatic carbocycles. The topological polar surface area (TPSA) is 76.2 Å². The highest BCUT2D eigenvalue weighted by atomic mass is 16.2. The summed E-state index contributed by atoms with van der Waals surface area (Å²) < 4.78 is 0. The Labute approximate surface area is 219 Å². The number of carbonyl (C=O) groups is 3. The van der Waals surface area contributed by atoms with Gasteiger partial charge < -0.3 is 15.1 Å². The van der Waals surface area contributed by atoms with Crippen LogP contribution in [0.5, 0.6) is 0 Å². The van der Waals surface area contributed by atoms with Crippen molar-refractivity contribution in [2.75, 3.05) is 26.2 Å². The summed E-state index contributed by atoms with van der Waals surface area (Å²) in [7, 11) is 0. The third-order valence-corrected chi connectivity index (χ3v) is 6.85. The standard InChI is InChI=1S/C29H35N5O3/c1-4-16-32-21-27(35)33-25(18-23-11-7-5-8-12-23)28(36)31(17-15-22(2)3)20-26(33)34(32)29(37)30-19-24-13-9-6-10-14-24/h1,5-14,22,25-26H,15-21H2,2-3H3,(H,30,37)/t25-,26-/m0/s1. The van der Waals surface area contributed by atoms with Crippen LogP contribution < -0.4 is 5.32 Å². The van der Waals surface area contributed by atoms with E-state index < -0.39 is 12.2 Å².